The molecule has 0 aromatic rings. The van der Waals surface area contributed by atoms with Crippen LogP contribution >= 0.6 is 0 Å². The number of carbonyl (C=O) groups excluding carboxylic acids is 1. The Balaban J connectivity index is 1.39. The molecule has 31 heavy (non-hydrogen) atoms. The summed E-state index contributed by atoms with van der Waals surface area (Å²) in [4.78, 5) is 14.1. The third-order valence-corrected chi connectivity index (χ3v) is 10.6. The van der Waals surface area contributed by atoms with E-state index in [1.165, 1.54) is 11.1 Å². The second-order valence-electron chi connectivity index (χ2n) is 12.1. The van der Waals surface area contributed by atoms with Gasteiger partial charge in [0.15, 0.2) is 5.78 Å². The second kappa shape index (κ2) is 6.77. The average Bonchev–Trinajstić information content (AvgIpc) is 3.18. The highest BCUT2D eigenvalue weighted by Gasteiger charge is 2.63. The van der Waals surface area contributed by atoms with Gasteiger partial charge in [0.05, 0.1) is 17.8 Å². The van der Waals surface area contributed by atoms with E-state index in [0.29, 0.717) is 35.5 Å². The zero-order valence-corrected chi connectivity index (χ0v) is 19.6. The minimum atomic E-state index is -0.263. The molecule has 4 aliphatic carbocycles. The fourth-order valence-corrected chi connectivity index (χ4v) is 8.93. The molecule has 2 aliphatic heterocycles. The van der Waals surface area contributed by atoms with Crippen molar-refractivity contribution in [1.29, 1.82) is 0 Å². The minimum absolute atomic E-state index is 0.0653. The maximum absolute atomic E-state index is 14.1. The average molecular weight is 426 g/mol. The number of allylic oxidation sites excluding steroid dienone is 2. The van der Waals surface area contributed by atoms with Gasteiger partial charge in [-0.3, -0.25) is 4.79 Å². The number of ether oxygens (including phenoxy) is 1. The number of fused-ring (bicyclic) bond motifs is 6. The van der Waals surface area contributed by atoms with Crippen LogP contribution in [0.5, 0.6) is 0 Å². The van der Waals surface area contributed by atoms with E-state index in [-0.39, 0.29) is 29.1 Å². The Morgan fingerprint density at radius 2 is 2.03 bits per heavy atom. The van der Waals surface area contributed by atoms with Gasteiger partial charge in [0, 0.05) is 23.5 Å². The third kappa shape index (κ3) is 2.62. The smallest absolute Gasteiger partial charge is 0.163 e. The van der Waals surface area contributed by atoms with Gasteiger partial charge in [-0.2, -0.15) is 0 Å². The molecule has 2 saturated carbocycles. The lowest BCUT2D eigenvalue weighted by molar-refractivity contribution is -0.123. The lowest BCUT2D eigenvalue weighted by Gasteiger charge is -2.48. The van der Waals surface area contributed by atoms with Crippen LogP contribution < -0.4 is 5.32 Å². The van der Waals surface area contributed by atoms with Crippen molar-refractivity contribution in [2.24, 2.45) is 35.0 Å². The number of hydrogen-bond donors (Lipinski definition) is 2. The highest BCUT2D eigenvalue weighted by molar-refractivity contribution is 6.02. The Morgan fingerprint density at radius 3 is 2.84 bits per heavy atom. The number of Topliss-reactive ketones (excluding diaryl/α,β-unsaturated/α-hetero) is 1. The van der Waals surface area contributed by atoms with Crippen LogP contribution in [0.1, 0.15) is 72.6 Å². The molecule has 3 unspecified atom stereocenters. The molecule has 1 spiro atoms. The van der Waals surface area contributed by atoms with E-state index in [4.69, 9.17) is 4.74 Å². The van der Waals surface area contributed by atoms with Gasteiger partial charge < -0.3 is 15.2 Å². The number of carbonyl (C=O) groups is 1. The van der Waals surface area contributed by atoms with Crippen LogP contribution in [-0.2, 0) is 9.53 Å². The lowest BCUT2D eigenvalue weighted by Crippen LogP contribution is -2.49. The third-order valence-electron chi connectivity index (χ3n) is 10.6. The van der Waals surface area contributed by atoms with E-state index < -0.39 is 0 Å². The van der Waals surface area contributed by atoms with Crippen LogP contribution in [0.15, 0.2) is 22.8 Å². The topological polar surface area (TPSA) is 58.6 Å². The van der Waals surface area contributed by atoms with Gasteiger partial charge in [-0.15, -0.1) is 0 Å². The maximum atomic E-state index is 14.1. The van der Waals surface area contributed by atoms with E-state index in [9.17, 15) is 9.90 Å². The summed E-state index contributed by atoms with van der Waals surface area (Å²) in [7, 11) is 0. The summed E-state index contributed by atoms with van der Waals surface area (Å²) in [6.07, 6.45) is 9.23. The molecular formula is C27H39NO3. The molecule has 4 nitrogen and oxygen atoms in total. The number of hydrogen-bond acceptors (Lipinski definition) is 4. The summed E-state index contributed by atoms with van der Waals surface area (Å²) in [5, 5.41) is 14.0. The molecule has 6 aliphatic rings. The fourth-order valence-electron chi connectivity index (χ4n) is 8.93. The first kappa shape index (κ1) is 20.6. The van der Waals surface area contributed by atoms with E-state index in [1.54, 1.807) is 0 Å². The molecule has 0 amide bonds. The van der Waals surface area contributed by atoms with E-state index >= 15 is 0 Å². The molecule has 2 saturated heterocycles. The Hall–Kier alpha value is -0.970. The van der Waals surface area contributed by atoms with Crippen molar-refractivity contribution in [2.45, 2.75) is 96.5 Å². The standard InChI is InChI=1S/C27H39NO3/c1-14-11-21-24(28-13-14)16(3)27(31-21)10-8-19-20-6-5-17-12-18(29)7-9-26(17,4)23(20)25(30)22(19)15(27)2/h5,14,16,18-21,23-24,28-29H,6-13H2,1-4H3/t14?,16?,18?,19-,20-,21+,23+,24-,26-,27-/m0/s1. The molecule has 0 aromatic carbocycles. The van der Waals surface area contributed by atoms with Crippen LogP contribution in [0.3, 0.4) is 0 Å². The molecule has 170 valence electrons. The first-order chi connectivity index (χ1) is 14.8. The fraction of sp³-hybridized carbons (Fsp3) is 0.815. The van der Waals surface area contributed by atoms with Crippen LogP contribution in [0.4, 0.5) is 0 Å². The molecule has 10 atom stereocenters. The molecule has 0 bridgehead atoms. The number of ketones is 1. The number of rotatable bonds is 0. The first-order valence-corrected chi connectivity index (χ1v) is 12.8. The van der Waals surface area contributed by atoms with E-state index in [1.807, 2.05) is 0 Å². The second-order valence-corrected chi connectivity index (χ2v) is 12.1. The Morgan fingerprint density at radius 1 is 1.23 bits per heavy atom. The van der Waals surface area contributed by atoms with Gasteiger partial charge in [-0.1, -0.05) is 32.4 Å². The lowest BCUT2D eigenvalue weighted by atomic mass is 9.56. The van der Waals surface area contributed by atoms with Crippen LogP contribution in [0.2, 0.25) is 0 Å². The molecule has 4 heteroatoms. The SMILES string of the molecule is CC1=C2C(=O)[C@H]3[C@@H](CC=C4CC(O)CC[C@@]43C)[C@@H]2CC[C@]12O[C@@H]1CC(C)CN[C@H]1C2C. The number of aliphatic hydroxyl groups is 1. The maximum Gasteiger partial charge on any atom is 0.163 e. The summed E-state index contributed by atoms with van der Waals surface area (Å²) in [6, 6.07) is 0.410. The molecule has 0 aromatic heterocycles. The number of nitrogens with one attached hydrogen (secondary N) is 1. The van der Waals surface area contributed by atoms with Gasteiger partial charge in [-0.25, -0.2) is 0 Å². The minimum Gasteiger partial charge on any atom is -0.393 e. The summed E-state index contributed by atoms with van der Waals surface area (Å²) in [5.41, 5.74) is 3.43. The van der Waals surface area contributed by atoms with Crippen LogP contribution in [0.25, 0.3) is 0 Å². The van der Waals surface area contributed by atoms with Crippen molar-refractivity contribution in [1.82, 2.24) is 5.32 Å². The monoisotopic (exact) mass is 425 g/mol. The normalized spacial score (nSPS) is 53.7. The van der Waals surface area contributed by atoms with Crippen LogP contribution in [0, 0.1) is 35.0 Å². The molecule has 6 rings (SSSR count). The van der Waals surface area contributed by atoms with Gasteiger partial charge in [-0.05, 0) is 87.2 Å². The zero-order chi connectivity index (χ0) is 21.7. The zero-order valence-electron chi connectivity index (χ0n) is 19.6. The summed E-state index contributed by atoms with van der Waals surface area (Å²) >= 11 is 0. The molecular weight excluding hydrogens is 386 g/mol. The highest BCUT2D eigenvalue weighted by Crippen LogP contribution is 2.63. The predicted molar refractivity (Wildman–Crippen MR) is 120 cm³/mol. The molecule has 2 heterocycles. The number of piperidine rings is 1. The van der Waals surface area contributed by atoms with Crippen molar-refractivity contribution in [3.05, 3.63) is 22.8 Å². The molecule has 4 fully saturated rings. The first-order valence-electron chi connectivity index (χ1n) is 12.8. The van der Waals surface area contributed by atoms with Crippen molar-refractivity contribution in [2.75, 3.05) is 6.54 Å². The highest BCUT2D eigenvalue weighted by atomic mass is 16.5. The van der Waals surface area contributed by atoms with Crippen molar-refractivity contribution in [3.63, 3.8) is 0 Å². The summed E-state index contributed by atoms with van der Waals surface area (Å²) in [6.45, 7) is 10.3. The molecule has 0 radical (unpaired) electrons. The van der Waals surface area contributed by atoms with Gasteiger partial charge in [0.2, 0.25) is 0 Å². The summed E-state index contributed by atoms with van der Waals surface area (Å²) in [5.74, 6) is 2.41. The quantitative estimate of drug-likeness (QED) is 0.572. The van der Waals surface area contributed by atoms with E-state index in [0.717, 1.165) is 57.1 Å². The van der Waals surface area contributed by atoms with Crippen molar-refractivity contribution in [3.8, 4) is 0 Å². The van der Waals surface area contributed by atoms with Crippen molar-refractivity contribution >= 4 is 5.78 Å². The van der Waals surface area contributed by atoms with Crippen LogP contribution in [-0.4, -0.2) is 41.3 Å². The summed E-state index contributed by atoms with van der Waals surface area (Å²) < 4.78 is 6.93. The van der Waals surface area contributed by atoms with E-state index in [2.05, 4.69) is 39.1 Å². The Kier molecular flexibility index (Phi) is 4.51. The predicted octanol–water partition coefficient (Wildman–Crippen LogP) is 4.18. The Bertz CT molecular complexity index is 876. The molecule has 2 N–H and O–H groups in total. The van der Waals surface area contributed by atoms with Gasteiger partial charge >= 0.3 is 0 Å². The largest absolute Gasteiger partial charge is 0.393 e. The Labute approximate surface area is 186 Å². The van der Waals surface area contributed by atoms with Gasteiger partial charge in [0.1, 0.15) is 0 Å². The van der Waals surface area contributed by atoms with Crippen molar-refractivity contribution < 1.29 is 14.6 Å². The van der Waals surface area contributed by atoms with Gasteiger partial charge in [0.25, 0.3) is 0 Å². The number of aliphatic hydroxyl groups excluding tert-OH is 1.